The Labute approximate surface area is 157 Å². The molecule has 3 heterocycles. The van der Waals surface area contributed by atoms with Crippen molar-refractivity contribution >= 4 is 11.3 Å². The Balaban J connectivity index is 1.64. The summed E-state index contributed by atoms with van der Waals surface area (Å²) in [5.41, 5.74) is 7.44. The highest BCUT2D eigenvalue weighted by molar-refractivity contribution is 7.09. The average Bonchev–Trinajstić information content (AvgIpc) is 3.36. The molecule has 0 aliphatic rings. The van der Waals surface area contributed by atoms with Gasteiger partial charge in [-0.3, -0.25) is 4.68 Å². The summed E-state index contributed by atoms with van der Waals surface area (Å²) in [5, 5.41) is 4.35. The van der Waals surface area contributed by atoms with E-state index in [-0.39, 0.29) is 0 Å². The molecule has 132 valence electrons. The number of imidazole rings is 1. The number of hydrogen-bond donors (Lipinski definition) is 0. The number of aryl methyl sites for hydroxylation is 4. The van der Waals surface area contributed by atoms with Crippen LogP contribution in [0.25, 0.3) is 22.5 Å². The largest absolute Gasteiger partial charge is 0.330 e. The molecule has 3 aromatic heterocycles. The van der Waals surface area contributed by atoms with Crippen molar-refractivity contribution in [2.75, 3.05) is 0 Å². The van der Waals surface area contributed by atoms with E-state index >= 15 is 0 Å². The van der Waals surface area contributed by atoms with Crippen molar-refractivity contribution in [2.24, 2.45) is 7.05 Å². The molecule has 0 amide bonds. The second kappa shape index (κ2) is 7.25. The van der Waals surface area contributed by atoms with E-state index < -0.39 is 0 Å². The number of nitrogens with zero attached hydrogens (tertiary/aromatic N) is 5. The van der Waals surface area contributed by atoms with Crippen molar-refractivity contribution in [2.45, 2.75) is 26.3 Å². The van der Waals surface area contributed by atoms with Crippen LogP contribution in [-0.4, -0.2) is 24.3 Å². The SMILES string of the molecule is Cc1ncsc1CCCn1cnc(-c2ccccc2)c1-c1cnn(C)c1. The van der Waals surface area contributed by atoms with E-state index in [9.17, 15) is 0 Å². The van der Waals surface area contributed by atoms with E-state index in [1.165, 1.54) is 4.88 Å². The second-order valence-corrected chi connectivity index (χ2v) is 7.31. The van der Waals surface area contributed by atoms with Gasteiger partial charge in [0.05, 0.1) is 35.1 Å². The van der Waals surface area contributed by atoms with Crippen LogP contribution in [0.1, 0.15) is 17.0 Å². The smallest absolute Gasteiger partial charge is 0.0964 e. The molecule has 26 heavy (non-hydrogen) atoms. The Kier molecular flexibility index (Phi) is 4.67. The highest BCUT2D eigenvalue weighted by Gasteiger charge is 2.16. The molecule has 0 N–H and O–H groups in total. The van der Waals surface area contributed by atoms with Crippen LogP contribution in [0.15, 0.2) is 54.6 Å². The van der Waals surface area contributed by atoms with E-state index in [0.29, 0.717) is 0 Å². The summed E-state index contributed by atoms with van der Waals surface area (Å²) in [6, 6.07) is 10.3. The highest BCUT2D eigenvalue weighted by Crippen LogP contribution is 2.31. The Morgan fingerprint density at radius 1 is 1.08 bits per heavy atom. The number of thiazole rings is 1. The van der Waals surface area contributed by atoms with Crippen molar-refractivity contribution in [3.8, 4) is 22.5 Å². The third kappa shape index (κ3) is 3.32. The van der Waals surface area contributed by atoms with Gasteiger partial charge in [-0.25, -0.2) is 9.97 Å². The molecule has 0 aliphatic heterocycles. The van der Waals surface area contributed by atoms with Gasteiger partial charge in [0.1, 0.15) is 0 Å². The molecule has 6 heteroatoms. The molecule has 0 aliphatic carbocycles. The lowest BCUT2D eigenvalue weighted by Gasteiger charge is -2.09. The van der Waals surface area contributed by atoms with Crippen LogP contribution in [0.4, 0.5) is 0 Å². The van der Waals surface area contributed by atoms with Gasteiger partial charge in [-0.05, 0) is 19.8 Å². The van der Waals surface area contributed by atoms with Gasteiger partial charge in [-0.15, -0.1) is 11.3 Å². The van der Waals surface area contributed by atoms with Crippen LogP contribution >= 0.6 is 11.3 Å². The minimum atomic E-state index is 0.918. The first-order valence-corrected chi connectivity index (χ1v) is 9.59. The zero-order chi connectivity index (χ0) is 17.9. The first-order chi connectivity index (χ1) is 12.7. The van der Waals surface area contributed by atoms with Crippen LogP contribution in [0, 0.1) is 6.92 Å². The van der Waals surface area contributed by atoms with Crippen molar-refractivity contribution in [3.05, 3.63) is 65.1 Å². The van der Waals surface area contributed by atoms with Gasteiger partial charge in [0, 0.05) is 35.8 Å². The van der Waals surface area contributed by atoms with Gasteiger partial charge >= 0.3 is 0 Å². The maximum absolute atomic E-state index is 4.72. The summed E-state index contributed by atoms with van der Waals surface area (Å²) >= 11 is 1.74. The van der Waals surface area contributed by atoms with E-state index in [4.69, 9.17) is 4.98 Å². The minimum absolute atomic E-state index is 0.918. The quantitative estimate of drug-likeness (QED) is 0.512. The van der Waals surface area contributed by atoms with Crippen LogP contribution in [-0.2, 0) is 20.0 Å². The normalized spacial score (nSPS) is 11.2. The molecule has 0 spiro atoms. The standard InChI is InChI=1S/C20H21N5S/c1-15-18(26-14-22-15)9-6-10-25-13-21-19(16-7-4-3-5-8-16)20(25)17-11-23-24(2)12-17/h3-5,7-8,11-14H,6,9-10H2,1-2H3. The topological polar surface area (TPSA) is 48.5 Å². The molecule has 1 aromatic carbocycles. The van der Waals surface area contributed by atoms with Crippen LogP contribution < -0.4 is 0 Å². The molecule has 0 fully saturated rings. The summed E-state index contributed by atoms with van der Waals surface area (Å²) in [6.07, 6.45) is 8.01. The van der Waals surface area contributed by atoms with Gasteiger partial charge in [-0.1, -0.05) is 30.3 Å². The molecule has 0 saturated carbocycles. The van der Waals surface area contributed by atoms with Gasteiger partial charge in [0.2, 0.25) is 0 Å². The third-order valence-electron chi connectivity index (χ3n) is 4.51. The fraction of sp³-hybridized carbons (Fsp3) is 0.250. The van der Waals surface area contributed by atoms with Gasteiger partial charge in [0.25, 0.3) is 0 Å². The van der Waals surface area contributed by atoms with Crippen LogP contribution in [0.5, 0.6) is 0 Å². The third-order valence-corrected chi connectivity index (χ3v) is 5.51. The van der Waals surface area contributed by atoms with Gasteiger partial charge in [0.15, 0.2) is 0 Å². The summed E-state index contributed by atoms with van der Waals surface area (Å²) in [5.74, 6) is 0. The monoisotopic (exact) mass is 363 g/mol. The fourth-order valence-electron chi connectivity index (χ4n) is 3.18. The summed E-state index contributed by atoms with van der Waals surface area (Å²) in [4.78, 5) is 10.4. The van der Waals surface area contributed by atoms with Gasteiger partial charge in [-0.2, -0.15) is 5.10 Å². The molecule has 0 bridgehead atoms. The first-order valence-electron chi connectivity index (χ1n) is 8.71. The Hall–Kier alpha value is -2.73. The molecular formula is C20H21N5S. The molecule has 0 atom stereocenters. The van der Waals surface area contributed by atoms with E-state index in [0.717, 1.165) is 47.6 Å². The Morgan fingerprint density at radius 3 is 2.62 bits per heavy atom. The molecule has 0 radical (unpaired) electrons. The van der Waals surface area contributed by atoms with Gasteiger partial charge < -0.3 is 4.57 Å². The predicted molar refractivity (Wildman–Crippen MR) is 105 cm³/mol. The number of rotatable bonds is 6. The zero-order valence-corrected chi connectivity index (χ0v) is 15.8. The lowest BCUT2D eigenvalue weighted by Crippen LogP contribution is -2.01. The zero-order valence-electron chi connectivity index (χ0n) is 15.0. The van der Waals surface area contributed by atoms with Crippen LogP contribution in [0.3, 0.4) is 0 Å². The first kappa shape index (κ1) is 16.7. The summed E-state index contributed by atoms with van der Waals surface area (Å²) in [7, 11) is 1.94. The number of benzene rings is 1. The summed E-state index contributed by atoms with van der Waals surface area (Å²) in [6.45, 7) is 3.00. The van der Waals surface area contributed by atoms with Crippen molar-refractivity contribution in [3.63, 3.8) is 0 Å². The fourth-order valence-corrected chi connectivity index (χ4v) is 4.00. The van der Waals surface area contributed by atoms with Crippen LogP contribution in [0.2, 0.25) is 0 Å². The second-order valence-electron chi connectivity index (χ2n) is 6.37. The lowest BCUT2D eigenvalue weighted by atomic mass is 10.1. The maximum atomic E-state index is 4.72. The maximum Gasteiger partial charge on any atom is 0.0964 e. The summed E-state index contributed by atoms with van der Waals surface area (Å²) < 4.78 is 4.08. The molecule has 0 unspecified atom stereocenters. The number of hydrogen-bond acceptors (Lipinski definition) is 4. The molecule has 4 rings (SSSR count). The average molecular weight is 363 g/mol. The van der Waals surface area contributed by atoms with Crippen molar-refractivity contribution in [1.82, 2.24) is 24.3 Å². The molecule has 0 saturated heterocycles. The predicted octanol–water partition coefficient (Wildman–Crippen LogP) is 4.35. The number of aromatic nitrogens is 5. The Bertz CT molecular complexity index is 996. The highest BCUT2D eigenvalue weighted by atomic mass is 32.1. The molecular weight excluding hydrogens is 342 g/mol. The van der Waals surface area contributed by atoms with E-state index in [1.54, 1.807) is 11.3 Å². The Morgan fingerprint density at radius 2 is 1.92 bits per heavy atom. The van der Waals surface area contributed by atoms with Crippen molar-refractivity contribution in [1.29, 1.82) is 0 Å². The van der Waals surface area contributed by atoms with Crippen molar-refractivity contribution < 1.29 is 0 Å². The minimum Gasteiger partial charge on any atom is -0.330 e. The molecule has 4 aromatic rings. The van der Waals surface area contributed by atoms with E-state index in [1.807, 2.05) is 54.2 Å². The molecule has 5 nitrogen and oxygen atoms in total. The lowest BCUT2D eigenvalue weighted by molar-refractivity contribution is 0.648. The van der Waals surface area contributed by atoms with E-state index in [2.05, 4.69) is 33.7 Å².